The zero-order chi connectivity index (χ0) is 24.2. The van der Waals surface area contributed by atoms with Gasteiger partial charge in [-0.05, 0) is 35.9 Å². The number of imidazole rings is 1. The maximum Gasteiger partial charge on any atom is 0.125 e. The number of fused-ring (bicyclic) bond motifs is 1. The van der Waals surface area contributed by atoms with Gasteiger partial charge in [-0.25, -0.2) is 4.98 Å². The summed E-state index contributed by atoms with van der Waals surface area (Å²) in [6.45, 7) is 0.243. The molecule has 0 aliphatic rings. The van der Waals surface area contributed by atoms with E-state index >= 15 is 0 Å². The third-order valence-electron chi connectivity index (χ3n) is 5.86. The summed E-state index contributed by atoms with van der Waals surface area (Å²) in [4.78, 5) is 13.2. The smallest absolute Gasteiger partial charge is 0.125 e. The molecule has 0 radical (unpaired) electrons. The van der Waals surface area contributed by atoms with Gasteiger partial charge in [-0.1, -0.05) is 30.3 Å². The molecule has 0 N–H and O–H groups in total. The zero-order valence-corrected chi connectivity index (χ0v) is 19.0. The van der Waals surface area contributed by atoms with Crippen LogP contribution in [0.2, 0.25) is 0 Å². The lowest BCUT2D eigenvalue weighted by atomic mass is 9.93. The number of nitriles is 2. The predicted octanol–water partition coefficient (Wildman–Crippen LogP) is 5.08. The van der Waals surface area contributed by atoms with Crippen LogP contribution in [0.15, 0.2) is 85.6 Å². The minimum Gasteiger partial charge on any atom is -0.361 e. The van der Waals surface area contributed by atoms with Crippen LogP contribution in [0.1, 0.15) is 34.2 Å². The number of hydrogen-bond acceptors (Lipinski definition) is 6. The van der Waals surface area contributed by atoms with E-state index in [9.17, 15) is 5.26 Å². The molecule has 2 aromatic carbocycles. The maximum atomic E-state index is 9.86. The van der Waals surface area contributed by atoms with Crippen LogP contribution in [0.3, 0.4) is 0 Å². The number of ether oxygens (including phenoxy) is 1. The lowest BCUT2D eigenvalue weighted by molar-refractivity contribution is 0.0601. The van der Waals surface area contributed by atoms with Gasteiger partial charge in [0.1, 0.15) is 12.2 Å². The fourth-order valence-electron chi connectivity index (χ4n) is 4.08. The second-order valence-electron chi connectivity index (χ2n) is 8.07. The van der Waals surface area contributed by atoms with Crippen LogP contribution in [0.5, 0.6) is 0 Å². The molecular weight excluding hydrogens is 436 g/mol. The fraction of sp³-hybridized carbons (Fsp3) is 0.107. The van der Waals surface area contributed by atoms with Crippen LogP contribution in [0.4, 0.5) is 0 Å². The molecule has 0 saturated heterocycles. The summed E-state index contributed by atoms with van der Waals surface area (Å²) in [7, 11) is 1.91. The summed E-state index contributed by atoms with van der Waals surface area (Å²) in [5, 5.41) is 19.9. The van der Waals surface area contributed by atoms with E-state index in [1.807, 2.05) is 60.1 Å². The molecule has 5 aromatic rings. The third kappa shape index (κ3) is 4.37. The minimum absolute atomic E-state index is 0.243. The highest BCUT2D eigenvalue weighted by atomic mass is 16.5. The molecule has 0 fully saturated rings. The normalized spacial score (nSPS) is 11.6. The van der Waals surface area contributed by atoms with Gasteiger partial charge in [0.05, 0.1) is 53.2 Å². The molecular formula is C28H20N6O. The Hall–Kier alpha value is -4.85. The van der Waals surface area contributed by atoms with Gasteiger partial charge >= 0.3 is 0 Å². The van der Waals surface area contributed by atoms with Crippen LogP contribution in [0.25, 0.3) is 22.0 Å². The average Bonchev–Trinajstić information content (AvgIpc) is 3.34. The summed E-state index contributed by atoms with van der Waals surface area (Å²) in [5.74, 6) is 0. The number of aryl methyl sites for hydroxylation is 1. The van der Waals surface area contributed by atoms with Crippen LogP contribution < -0.4 is 0 Å². The van der Waals surface area contributed by atoms with Crippen LogP contribution in [-0.2, 0) is 18.4 Å². The van der Waals surface area contributed by atoms with Gasteiger partial charge in [-0.15, -0.1) is 0 Å². The molecule has 0 saturated carbocycles. The molecule has 3 aromatic heterocycles. The van der Waals surface area contributed by atoms with Gasteiger partial charge in [-0.3, -0.25) is 9.97 Å². The molecule has 1 atom stereocenters. The molecule has 0 bridgehead atoms. The van der Waals surface area contributed by atoms with Crippen molar-refractivity contribution in [1.29, 1.82) is 10.5 Å². The first-order valence-corrected chi connectivity index (χ1v) is 11.0. The lowest BCUT2D eigenvalue weighted by Gasteiger charge is -2.20. The van der Waals surface area contributed by atoms with Gasteiger partial charge in [-0.2, -0.15) is 10.5 Å². The Kier molecular flexibility index (Phi) is 6.00. The Bertz CT molecular complexity index is 1590. The van der Waals surface area contributed by atoms with Crippen molar-refractivity contribution in [3.05, 3.63) is 114 Å². The topological polar surface area (TPSA) is 100 Å². The Morgan fingerprint density at radius 1 is 0.943 bits per heavy atom. The molecule has 35 heavy (non-hydrogen) atoms. The van der Waals surface area contributed by atoms with Gasteiger partial charge in [0.25, 0.3) is 0 Å². The highest BCUT2D eigenvalue weighted by Gasteiger charge is 2.21. The fourth-order valence-corrected chi connectivity index (χ4v) is 4.08. The predicted molar refractivity (Wildman–Crippen MR) is 131 cm³/mol. The molecule has 0 aliphatic heterocycles. The second kappa shape index (κ2) is 9.56. The molecule has 0 aliphatic carbocycles. The third-order valence-corrected chi connectivity index (χ3v) is 5.86. The van der Waals surface area contributed by atoms with Crippen molar-refractivity contribution in [1.82, 2.24) is 19.5 Å². The number of nitrogens with zero attached hydrogens (tertiary/aromatic N) is 6. The standard InChI is InChI=1S/C28H20N6O/c1-34-18-31-16-26(34)28(35-17-23-10-7-19(13-29)15-33-23)21-8-9-22(14-30)25(12-21)24-6-2-4-20-5-3-11-32-27(20)24/h2-12,15-16,18,28H,17H2,1H3. The zero-order valence-electron chi connectivity index (χ0n) is 19.0. The Morgan fingerprint density at radius 2 is 1.83 bits per heavy atom. The molecule has 7 heteroatoms. The van der Waals surface area contributed by atoms with Crippen LogP contribution in [0, 0.1) is 22.7 Å². The van der Waals surface area contributed by atoms with Gasteiger partial charge < -0.3 is 9.30 Å². The first-order chi connectivity index (χ1) is 17.2. The monoisotopic (exact) mass is 456 g/mol. The maximum absolute atomic E-state index is 9.86. The molecule has 0 amide bonds. The highest BCUT2D eigenvalue weighted by molar-refractivity contribution is 5.95. The van der Waals surface area contributed by atoms with Crippen molar-refractivity contribution >= 4 is 10.9 Å². The number of hydrogen-bond donors (Lipinski definition) is 0. The minimum atomic E-state index is -0.450. The average molecular weight is 457 g/mol. The molecule has 168 valence electrons. The summed E-state index contributed by atoms with van der Waals surface area (Å²) >= 11 is 0. The summed E-state index contributed by atoms with van der Waals surface area (Å²) in [5.41, 5.74) is 6.03. The van der Waals surface area contributed by atoms with Crippen LogP contribution >= 0.6 is 0 Å². The molecule has 1 unspecified atom stereocenters. The van der Waals surface area contributed by atoms with E-state index in [2.05, 4.69) is 27.1 Å². The van der Waals surface area contributed by atoms with Crippen LogP contribution in [-0.4, -0.2) is 19.5 Å². The van der Waals surface area contributed by atoms with E-state index in [4.69, 9.17) is 10.00 Å². The van der Waals surface area contributed by atoms with Crippen molar-refractivity contribution in [2.45, 2.75) is 12.7 Å². The van der Waals surface area contributed by atoms with Crippen molar-refractivity contribution in [3.63, 3.8) is 0 Å². The van der Waals surface area contributed by atoms with E-state index in [-0.39, 0.29) is 6.61 Å². The summed E-state index contributed by atoms with van der Waals surface area (Å²) < 4.78 is 8.27. The van der Waals surface area contributed by atoms with Crippen molar-refractivity contribution in [3.8, 4) is 23.3 Å². The van der Waals surface area contributed by atoms with Crippen molar-refractivity contribution in [2.24, 2.45) is 7.05 Å². The van der Waals surface area contributed by atoms with Crippen molar-refractivity contribution in [2.75, 3.05) is 0 Å². The summed E-state index contributed by atoms with van der Waals surface area (Å²) in [6, 6.07) is 23.5. The van der Waals surface area contributed by atoms with E-state index in [1.165, 1.54) is 6.20 Å². The first kappa shape index (κ1) is 22.0. The number of aromatic nitrogens is 4. The second-order valence-corrected chi connectivity index (χ2v) is 8.07. The van der Waals surface area contributed by atoms with Gasteiger partial charge in [0, 0.05) is 36.0 Å². The van der Waals surface area contributed by atoms with E-state index in [1.54, 1.807) is 30.9 Å². The SMILES string of the molecule is Cn1cncc1C(OCc1ccc(C#N)cn1)c1ccc(C#N)c(-c2cccc3cccnc23)c1. The van der Waals surface area contributed by atoms with Gasteiger partial charge in [0.2, 0.25) is 0 Å². The summed E-state index contributed by atoms with van der Waals surface area (Å²) in [6.07, 6.45) is 6.34. The quantitative estimate of drug-likeness (QED) is 0.353. The molecule has 5 rings (SSSR count). The molecule has 7 nitrogen and oxygen atoms in total. The van der Waals surface area contributed by atoms with Crippen molar-refractivity contribution < 1.29 is 4.74 Å². The Morgan fingerprint density at radius 3 is 2.57 bits per heavy atom. The Balaban J connectivity index is 1.58. The Labute approximate surface area is 202 Å². The van der Waals surface area contributed by atoms with Gasteiger partial charge in [0.15, 0.2) is 0 Å². The first-order valence-electron chi connectivity index (χ1n) is 11.0. The largest absolute Gasteiger partial charge is 0.361 e. The number of para-hydroxylation sites is 1. The molecule has 3 heterocycles. The number of pyridine rings is 2. The highest BCUT2D eigenvalue weighted by Crippen LogP contribution is 2.34. The van der Waals surface area contributed by atoms with E-state index < -0.39 is 6.10 Å². The molecule has 0 spiro atoms. The lowest BCUT2D eigenvalue weighted by Crippen LogP contribution is -2.11. The number of benzene rings is 2. The van der Waals surface area contributed by atoms with E-state index in [0.717, 1.165) is 33.3 Å². The van der Waals surface area contributed by atoms with E-state index in [0.29, 0.717) is 16.8 Å². The number of rotatable bonds is 6.